The second-order valence-corrected chi connectivity index (χ2v) is 6.19. The first kappa shape index (κ1) is 11.5. The van der Waals surface area contributed by atoms with E-state index in [-0.39, 0.29) is 0 Å². The van der Waals surface area contributed by atoms with Gasteiger partial charge in [0.05, 0.1) is 0 Å². The van der Waals surface area contributed by atoms with Crippen molar-refractivity contribution in [1.82, 2.24) is 14.6 Å². The van der Waals surface area contributed by atoms with E-state index in [0.29, 0.717) is 5.41 Å². The summed E-state index contributed by atoms with van der Waals surface area (Å²) < 4.78 is 2.06. The van der Waals surface area contributed by atoms with Crippen molar-refractivity contribution < 1.29 is 0 Å². The van der Waals surface area contributed by atoms with Crippen LogP contribution in [0.15, 0.2) is 29.6 Å². The Hall–Kier alpha value is -0.550. The minimum atomic E-state index is 0.491. The van der Waals surface area contributed by atoms with Crippen molar-refractivity contribution in [1.29, 1.82) is 0 Å². The first-order valence-electron chi connectivity index (χ1n) is 5.82. The highest BCUT2D eigenvalue weighted by Crippen LogP contribution is 2.45. The Kier molecular flexibility index (Phi) is 3.13. The molecule has 1 fully saturated rings. The zero-order valence-corrected chi connectivity index (χ0v) is 11.9. The van der Waals surface area contributed by atoms with Gasteiger partial charge in [-0.2, -0.15) is 0 Å². The highest BCUT2D eigenvalue weighted by Gasteiger charge is 2.36. The van der Waals surface area contributed by atoms with E-state index in [2.05, 4.69) is 30.5 Å². The number of thioether (sulfide) groups is 1. The van der Waals surface area contributed by atoms with Gasteiger partial charge in [0.25, 0.3) is 0 Å². The Morgan fingerprint density at radius 2 is 2.24 bits per heavy atom. The van der Waals surface area contributed by atoms with Gasteiger partial charge in [0.1, 0.15) is 0 Å². The molecule has 1 aliphatic carbocycles. The molecule has 2 aromatic rings. The molecule has 0 saturated heterocycles. The largest absolute Gasteiger partial charge is 0.277 e. The molecule has 2 aromatic heterocycles. The second kappa shape index (κ2) is 4.61. The fourth-order valence-electron chi connectivity index (χ4n) is 2.13. The number of hydrogen-bond acceptors (Lipinski definition) is 3. The quantitative estimate of drug-likeness (QED) is 0.640. The van der Waals surface area contributed by atoms with E-state index >= 15 is 0 Å². The lowest BCUT2D eigenvalue weighted by molar-refractivity contribution is 0.206. The van der Waals surface area contributed by atoms with E-state index in [1.165, 1.54) is 19.3 Å². The molecule has 0 radical (unpaired) electrons. The highest BCUT2D eigenvalue weighted by atomic mass is 79.9. The van der Waals surface area contributed by atoms with Crippen LogP contribution in [0, 0.1) is 5.41 Å². The molecular formula is C12H14BrN3S. The Morgan fingerprint density at radius 1 is 1.35 bits per heavy atom. The zero-order valence-electron chi connectivity index (χ0n) is 9.47. The molecule has 0 N–H and O–H groups in total. The van der Waals surface area contributed by atoms with Crippen molar-refractivity contribution in [2.75, 3.05) is 11.1 Å². The van der Waals surface area contributed by atoms with Gasteiger partial charge < -0.3 is 0 Å². The summed E-state index contributed by atoms with van der Waals surface area (Å²) in [5.41, 5.74) is 1.42. The lowest BCUT2D eigenvalue weighted by atomic mass is 9.72. The molecule has 5 heteroatoms. The molecular weight excluding hydrogens is 298 g/mol. The fraction of sp³-hybridized carbons (Fsp3) is 0.500. The maximum atomic E-state index is 4.25. The summed E-state index contributed by atoms with van der Waals surface area (Å²) in [6, 6.07) is 6.00. The molecule has 1 saturated carbocycles. The second-order valence-electron chi connectivity index (χ2n) is 4.69. The minimum Gasteiger partial charge on any atom is -0.277 e. The maximum absolute atomic E-state index is 4.25. The number of alkyl halides is 1. The highest BCUT2D eigenvalue weighted by molar-refractivity contribution is 9.09. The van der Waals surface area contributed by atoms with E-state index < -0.39 is 0 Å². The summed E-state index contributed by atoms with van der Waals surface area (Å²) in [4.78, 5) is 0. The van der Waals surface area contributed by atoms with Crippen LogP contribution in [0.1, 0.15) is 19.3 Å². The average molecular weight is 312 g/mol. The van der Waals surface area contributed by atoms with Crippen LogP contribution < -0.4 is 0 Å². The van der Waals surface area contributed by atoms with E-state index in [0.717, 1.165) is 21.9 Å². The van der Waals surface area contributed by atoms with Crippen LogP contribution in [0.5, 0.6) is 0 Å². The van der Waals surface area contributed by atoms with Gasteiger partial charge in [-0.3, -0.25) is 4.40 Å². The predicted molar refractivity (Wildman–Crippen MR) is 73.8 cm³/mol. The summed E-state index contributed by atoms with van der Waals surface area (Å²) in [7, 11) is 0. The SMILES string of the molecule is BrCC1(CSc2nnc3ccccn23)CCC1. The van der Waals surface area contributed by atoms with Crippen molar-refractivity contribution in [3.05, 3.63) is 24.4 Å². The van der Waals surface area contributed by atoms with Crippen LogP contribution in [0.25, 0.3) is 5.65 Å². The molecule has 0 atom stereocenters. The number of pyridine rings is 1. The standard InChI is InChI=1S/C12H14BrN3S/c13-8-12(5-3-6-12)9-17-11-15-14-10-4-1-2-7-16(10)11/h1-2,4,7H,3,5-6,8-9H2. The van der Waals surface area contributed by atoms with Gasteiger partial charge in [0.2, 0.25) is 0 Å². The van der Waals surface area contributed by atoms with E-state index in [1.54, 1.807) is 0 Å². The fourth-order valence-corrected chi connectivity index (χ4v) is 4.37. The normalized spacial score (nSPS) is 18.2. The third kappa shape index (κ3) is 2.10. The van der Waals surface area contributed by atoms with Gasteiger partial charge in [-0.25, -0.2) is 0 Å². The molecule has 90 valence electrons. The van der Waals surface area contributed by atoms with Crippen LogP contribution >= 0.6 is 27.7 Å². The van der Waals surface area contributed by atoms with Crippen molar-refractivity contribution >= 4 is 33.3 Å². The van der Waals surface area contributed by atoms with Gasteiger partial charge in [0, 0.05) is 17.3 Å². The van der Waals surface area contributed by atoms with Crippen molar-refractivity contribution in [3.8, 4) is 0 Å². The van der Waals surface area contributed by atoms with E-state index in [4.69, 9.17) is 0 Å². The molecule has 17 heavy (non-hydrogen) atoms. The molecule has 1 aliphatic rings. The third-order valence-electron chi connectivity index (χ3n) is 3.49. The predicted octanol–water partition coefficient (Wildman–Crippen LogP) is 3.39. The molecule has 0 aliphatic heterocycles. The summed E-state index contributed by atoms with van der Waals surface area (Å²) in [5.74, 6) is 1.13. The Labute approximate surface area is 113 Å². The summed E-state index contributed by atoms with van der Waals surface area (Å²) in [6.07, 6.45) is 6.07. The van der Waals surface area contributed by atoms with Crippen LogP contribution in [0.4, 0.5) is 0 Å². The van der Waals surface area contributed by atoms with Crippen molar-refractivity contribution in [2.24, 2.45) is 5.41 Å². The van der Waals surface area contributed by atoms with Crippen LogP contribution in [0.2, 0.25) is 0 Å². The molecule has 0 amide bonds. The number of halogens is 1. The van der Waals surface area contributed by atoms with Gasteiger partial charge >= 0.3 is 0 Å². The Balaban J connectivity index is 1.77. The minimum absolute atomic E-state index is 0.491. The lowest BCUT2D eigenvalue weighted by Gasteiger charge is -2.40. The third-order valence-corrected chi connectivity index (χ3v) is 5.97. The van der Waals surface area contributed by atoms with Gasteiger partial charge in [-0.05, 0) is 30.4 Å². The number of aromatic nitrogens is 3. The van der Waals surface area contributed by atoms with Crippen molar-refractivity contribution in [2.45, 2.75) is 24.4 Å². The summed E-state index contributed by atoms with van der Waals surface area (Å²) in [5, 5.41) is 10.5. The zero-order chi connectivity index (χ0) is 11.7. The average Bonchev–Trinajstić information content (AvgIpc) is 2.72. The summed E-state index contributed by atoms with van der Waals surface area (Å²) >= 11 is 5.46. The molecule has 3 nitrogen and oxygen atoms in total. The number of fused-ring (bicyclic) bond motifs is 1. The lowest BCUT2D eigenvalue weighted by Crippen LogP contribution is -2.33. The molecule has 0 bridgehead atoms. The van der Waals surface area contributed by atoms with Gasteiger partial charge in [-0.15, -0.1) is 10.2 Å². The molecule has 3 rings (SSSR count). The van der Waals surface area contributed by atoms with Crippen LogP contribution in [-0.2, 0) is 0 Å². The first-order chi connectivity index (χ1) is 8.33. The van der Waals surface area contributed by atoms with E-state index in [9.17, 15) is 0 Å². The van der Waals surface area contributed by atoms with Crippen molar-refractivity contribution in [3.63, 3.8) is 0 Å². The Bertz CT molecular complexity index is 516. The molecule has 2 heterocycles. The van der Waals surface area contributed by atoms with Gasteiger partial charge in [0.15, 0.2) is 10.8 Å². The number of nitrogens with zero attached hydrogens (tertiary/aromatic N) is 3. The Morgan fingerprint density at radius 3 is 2.94 bits per heavy atom. The van der Waals surface area contributed by atoms with Crippen LogP contribution in [0.3, 0.4) is 0 Å². The van der Waals surface area contributed by atoms with Crippen LogP contribution in [-0.4, -0.2) is 25.7 Å². The summed E-state index contributed by atoms with van der Waals surface area (Å²) in [6.45, 7) is 0. The number of rotatable bonds is 4. The monoisotopic (exact) mass is 311 g/mol. The van der Waals surface area contributed by atoms with Gasteiger partial charge in [-0.1, -0.05) is 40.2 Å². The van der Waals surface area contributed by atoms with E-state index in [1.807, 2.05) is 36.2 Å². The smallest absolute Gasteiger partial charge is 0.195 e. The first-order valence-corrected chi connectivity index (χ1v) is 7.92. The molecule has 0 unspecified atom stereocenters. The molecule has 0 aromatic carbocycles. The number of hydrogen-bond donors (Lipinski definition) is 0. The topological polar surface area (TPSA) is 30.2 Å². The maximum Gasteiger partial charge on any atom is 0.195 e. The molecule has 0 spiro atoms.